The fourth-order valence-corrected chi connectivity index (χ4v) is 6.30. The van der Waals surface area contributed by atoms with E-state index in [1.54, 1.807) is 11.9 Å². The molecule has 0 radical (unpaired) electrons. The summed E-state index contributed by atoms with van der Waals surface area (Å²) in [5.41, 5.74) is 6.17. The second-order valence-corrected chi connectivity index (χ2v) is 11.3. The highest BCUT2D eigenvalue weighted by atomic mass is 35.5. The van der Waals surface area contributed by atoms with Crippen molar-refractivity contribution in [2.45, 2.75) is 51.6 Å². The van der Waals surface area contributed by atoms with Gasteiger partial charge in [-0.3, -0.25) is 0 Å². The molecule has 1 aromatic carbocycles. The minimum Gasteiger partial charge on any atom is -0.363 e. The van der Waals surface area contributed by atoms with Gasteiger partial charge < -0.3 is 19.4 Å². The molecule has 2 aromatic heterocycles. The number of piperidine rings is 1. The fraction of sp³-hybridized carbons (Fsp3) is 0.500. The highest BCUT2D eigenvalue weighted by Gasteiger charge is 2.30. The van der Waals surface area contributed by atoms with E-state index in [9.17, 15) is 0 Å². The number of likely N-dealkylation sites (tertiary alicyclic amines) is 1. The number of likely N-dealkylation sites (N-methyl/N-ethyl adjacent to an activating group) is 1. The predicted octanol–water partition coefficient (Wildman–Crippen LogP) is 6.11. The van der Waals surface area contributed by atoms with E-state index in [-0.39, 0.29) is 6.04 Å². The molecule has 2 aliphatic rings. The summed E-state index contributed by atoms with van der Waals surface area (Å²) in [6, 6.07) is 8.86. The number of aryl methyl sites for hydroxylation is 1. The maximum atomic E-state index is 6.40. The Kier molecular flexibility index (Phi) is 7.88. The first-order chi connectivity index (χ1) is 17.9. The van der Waals surface area contributed by atoms with Crippen LogP contribution in [0.1, 0.15) is 55.5 Å². The van der Waals surface area contributed by atoms with E-state index in [0.717, 1.165) is 73.1 Å². The molecule has 5 rings (SSSR count). The van der Waals surface area contributed by atoms with Gasteiger partial charge in [-0.05, 0) is 64.4 Å². The number of rotatable bonds is 8. The smallest absolute Gasteiger partial charge is 0.157 e. The summed E-state index contributed by atoms with van der Waals surface area (Å²) in [6.45, 7) is 13.0. The molecule has 3 aromatic rings. The van der Waals surface area contributed by atoms with Crippen molar-refractivity contribution in [2.75, 3.05) is 49.1 Å². The van der Waals surface area contributed by atoms with Crippen LogP contribution in [0, 0.1) is 6.92 Å². The third kappa shape index (κ3) is 5.29. The molecule has 0 bridgehead atoms. The molecular formula is C28H38ClN7S. The third-order valence-corrected chi connectivity index (χ3v) is 8.56. The largest absolute Gasteiger partial charge is 0.363 e. The standard InChI is InChI=1S/C28H38ClN7S/c1-6-33(4)22-12-14-34(18-22)28-19(2)17-36-27(30-28)16-25(31-36)26-9-7-8-13-35(26)20(3)23-15-21(29)10-11-24(23)32-37-5/h10-11,15-17,22,26,32H,3,6-9,12-14,18H2,1-2,4-5H3. The van der Waals surface area contributed by atoms with Gasteiger partial charge in [0.25, 0.3) is 0 Å². The van der Waals surface area contributed by atoms with Gasteiger partial charge in [0.1, 0.15) is 5.82 Å². The lowest BCUT2D eigenvalue weighted by atomic mass is 9.97. The van der Waals surface area contributed by atoms with Crippen molar-refractivity contribution in [1.29, 1.82) is 0 Å². The van der Waals surface area contributed by atoms with Gasteiger partial charge in [-0.1, -0.05) is 37.1 Å². The first-order valence-corrected chi connectivity index (χ1v) is 14.9. The van der Waals surface area contributed by atoms with E-state index in [4.69, 9.17) is 21.7 Å². The zero-order chi connectivity index (χ0) is 26.1. The van der Waals surface area contributed by atoms with Gasteiger partial charge in [-0.25, -0.2) is 9.50 Å². The summed E-state index contributed by atoms with van der Waals surface area (Å²) in [5.74, 6) is 1.09. The van der Waals surface area contributed by atoms with Gasteiger partial charge in [0.2, 0.25) is 0 Å². The number of hydrogen-bond acceptors (Lipinski definition) is 7. The number of benzene rings is 1. The number of nitrogens with zero attached hydrogens (tertiary/aromatic N) is 6. The molecule has 2 atom stereocenters. The zero-order valence-electron chi connectivity index (χ0n) is 22.4. The van der Waals surface area contributed by atoms with E-state index < -0.39 is 0 Å². The van der Waals surface area contributed by atoms with Crippen molar-refractivity contribution >= 4 is 46.4 Å². The van der Waals surface area contributed by atoms with E-state index in [1.165, 1.54) is 18.4 Å². The average molecular weight is 540 g/mol. The number of halogens is 1. The first-order valence-electron chi connectivity index (χ1n) is 13.3. The summed E-state index contributed by atoms with van der Waals surface area (Å²) in [4.78, 5) is 12.4. The number of aromatic nitrogens is 3. The Morgan fingerprint density at radius 3 is 2.86 bits per heavy atom. The van der Waals surface area contributed by atoms with E-state index in [2.05, 4.69) is 59.2 Å². The Labute approximate surface area is 230 Å². The lowest BCUT2D eigenvalue weighted by Gasteiger charge is -2.38. The highest BCUT2D eigenvalue weighted by molar-refractivity contribution is 7.99. The van der Waals surface area contributed by atoms with Crippen LogP contribution in [0.5, 0.6) is 0 Å². The molecule has 2 fully saturated rings. The Bertz CT molecular complexity index is 1270. The second kappa shape index (κ2) is 11.1. The van der Waals surface area contributed by atoms with Crippen molar-refractivity contribution in [1.82, 2.24) is 24.4 Å². The molecule has 9 heteroatoms. The minimum atomic E-state index is 0.155. The number of anilines is 2. The van der Waals surface area contributed by atoms with Crippen LogP contribution in [0.2, 0.25) is 5.02 Å². The first kappa shape index (κ1) is 26.2. The van der Waals surface area contributed by atoms with Gasteiger partial charge in [0, 0.05) is 66.0 Å². The van der Waals surface area contributed by atoms with Gasteiger partial charge in [-0.2, -0.15) is 5.10 Å². The van der Waals surface area contributed by atoms with Crippen LogP contribution in [0.4, 0.5) is 11.5 Å². The molecule has 1 N–H and O–H groups in total. The van der Waals surface area contributed by atoms with Crippen LogP contribution >= 0.6 is 23.5 Å². The second-order valence-electron chi connectivity index (χ2n) is 10.2. The van der Waals surface area contributed by atoms with Crippen LogP contribution in [-0.4, -0.2) is 69.9 Å². The molecule has 0 saturated carbocycles. The number of hydrogen-bond donors (Lipinski definition) is 1. The Balaban J connectivity index is 1.44. The summed E-state index contributed by atoms with van der Waals surface area (Å²) >= 11 is 7.97. The van der Waals surface area contributed by atoms with Crippen LogP contribution in [0.3, 0.4) is 0 Å². The summed E-state index contributed by atoms with van der Waals surface area (Å²) in [5, 5.41) is 5.74. The molecule has 7 nitrogen and oxygen atoms in total. The minimum absolute atomic E-state index is 0.155. The zero-order valence-corrected chi connectivity index (χ0v) is 23.9. The van der Waals surface area contributed by atoms with E-state index in [0.29, 0.717) is 11.1 Å². The number of nitrogens with one attached hydrogen (secondary N) is 1. The lowest BCUT2D eigenvalue weighted by molar-refractivity contribution is 0.226. The molecule has 2 unspecified atom stereocenters. The summed E-state index contributed by atoms with van der Waals surface area (Å²) in [6.07, 6.45) is 8.69. The average Bonchev–Trinajstić information content (AvgIpc) is 3.55. The van der Waals surface area contributed by atoms with Gasteiger partial charge in [0.15, 0.2) is 5.65 Å². The summed E-state index contributed by atoms with van der Waals surface area (Å²) < 4.78 is 5.34. The molecule has 37 heavy (non-hydrogen) atoms. The van der Waals surface area contributed by atoms with Crippen LogP contribution < -0.4 is 9.62 Å². The van der Waals surface area contributed by atoms with Gasteiger partial charge >= 0.3 is 0 Å². The molecule has 4 heterocycles. The van der Waals surface area contributed by atoms with Crippen molar-refractivity contribution in [3.8, 4) is 0 Å². The Morgan fingerprint density at radius 1 is 1.24 bits per heavy atom. The van der Waals surface area contributed by atoms with Crippen LogP contribution in [-0.2, 0) is 0 Å². The molecule has 198 valence electrons. The van der Waals surface area contributed by atoms with Crippen molar-refractivity contribution < 1.29 is 0 Å². The van der Waals surface area contributed by atoms with E-state index in [1.807, 2.05) is 29.0 Å². The molecule has 0 aliphatic carbocycles. The maximum absolute atomic E-state index is 6.40. The highest BCUT2D eigenvalue weighted by Crippen LogP contribution is 2.39. The molecule has 2 saturated heterocycles. The fourth-order valence-electron chi connectivity index (χ4n) is 5.73. The molecular weight excluding hydrogens is 502 g/mol. The Hall–Kier alpha value is -2.42. The van der Waals surface area contributed by atoms with Crippen molar-refractivity contribution in [3.05, 3.63) is 58.9 Å². The monoisotopic (exact) mass is 539 g/mol. The summed E-state index contributed by atoms with van der Waals surface area (Å²) in [7, 11) is 2.22. The van der Waals surface area contributed by atoms with Crippen molar-refractivity contribution in [2.24, 2.45) is 0 Å². The quantitative estimate of drug-likeness (QED) is 0.346. The SMILES string of the molecule is C=C(c1cc(Cl)ccc1NSC)N1CCCCC1c1cc2nc(N3CCC(N(C)CC)C3)c(C)cn2n1. The molecule has 2 aliphatic heterocycles. The number of fused-ring (bicyclic) bond motifs is 1. The van der Waals surface area contributed by atoms with Crippen LogP contribution in [0.25, 0.3) is 11.3 Å². The van der Waals surface area contributed by atoms with Crippen LogP contribution in [0.15, 0.2) is 37.0 Å². The Morgan fingerprint density at radius 2 is 2.08 bits per heavy atom. The van der Waals surface area contributed by atoms with Gasteiger partial charge in [-0.15, -0.1) is 0 Å². The molecule has 0 spiro atoms. The third-order valence-electron chi connectivity index (χ3n) is 7.90. The normalized spacial score (nSPS) is 20.3. The molecule has 0 amide bonds. The maximum Gasteiger partial charge on any atom is 0.157 e. The predicted molar refractivity (Wildman–Crippen MR) is 158 cm³/mol. The lowest BCUT2D eigenvalue weighted by Crippen LogP contribution is -2.34. The van der Waals surface area contributed by atoms with E-state index >= 15 is 0 Å². The topological polar surface area (TPSA) is 51.9 Å². The van der Waals surface area contributed by atoms with Gasteiger partial charge in [0.05, 0.1) is 17.4 Å². The van der Waals surface area contributed by atoms with Crippen molar-refractivity contribution in [3.63, 3.8) is 0 Å².